The van der Waals surface area contributed by atoms with E-state index in [-0.39, 0.29) is 5.91 Å². The van der Waals surface area contributed by atoms with Gasteiger partial charge in [-0.2, -0.15) is 0 Å². The van der Waals surface area contributed by atoms with Gasteiger partial charge in [0.2, 0.25) is 0 Å². The number of thiophene rings is 1. The van der Waals surface area contributed by atoms with Crippen molar-refractivity contribution in [3.8, 4) is 0 Å². The van der Waals surface area contributed by atoms with Gasteiger partial charge in [-0.3, -0.25) is 9.69 Å². The Morgan fingerprint density at radius 1 is 1.26 bits per heavy atom. The van der Waals surface area contributed by atoms with Crippen LogP contribution in [-0.2, 0) is 0 Å². The molecule has 1 saturated heterocycles. The molecule has 2 fully saturated rings. The van der Waals surface area contributed by atoms with Crippen LogP contribution in [0.1, 0.15) is 59.7 Å². The number of nitrogens with zero attached hydrogens (tertiary/aromatic N) is 2. The van der Waals surface area contributed by atoms with Crippen LogP contribution in [0.5, 0.6) is 0 Å². The fraction of sp³-hybridized carbons (Fsp3) is 0.556. The van der Waals surface area contributed by atoms with Gasteiger partial charge >= 0.3 is 0 Å². The zero-order valence-corrected chi connectivity index (χ0v) is 14.1. The molecule has 0 spiro atoms. The van der Waals surface area contributed by atoms with Crippen molar-refractivity contribution in [1.29, 1.82) is 0 Å². The predicted molar refractivity (Wildman–Crippen MR) is 93.9 cm³/mol. The molecular weight excluding hydrogens is 306 g/mol. The molecule has 2 N–H and O–H groups in total. The van der Waals surface area contributed by atoms with Crippen molar-refractivity contribution in [2.24, 2.45) is 5.73 Å². The van der Waals surface area contributed by atoms with Crippen LogP contribution in [0.4, 0.5) is 0 Å². The van der Waals surface area contributed by atoms with Crippen LogP contribution in [0, 0.1) is 0 Å². The van der Waals surface area contributed by atoms with Gasteiger partial charge in [0.1, 0.15) is 4.83 Å². The summed E-state index contributed by atoms with van der Waals surface area (Å²) in [5.41, 5.74) is 6.83. The van der Waals surface area contributed by atoms with E-state index in [9.17, 15) is 4.79 Å². The Morgan fingerprint density at radius 2 is 2.09 bits per heavy atom. The first-order valence-electron chi connectivity index (χ1n) is 8.65. The SMILES string of the molecule is NC(=O)c1sc2ncccc2c1[C@H]1CCCN(C2CCCC2)C1. The molecule has 1 saturated carbocycles. The van der Waals surface area contributed by atoms with Crippen molar-refractivity contribution < 1.29 is 4.79 Å². The number of fused-ring (bicyclic) bond motifs is 1. The highest BCUT2D eigenvalue weighted by Crippen LogP contribution is 2.40. The van der Waals surface area contributed by atoms with Crippen LogP contribution >= 0.6 is 11.3 Å². The molecule has 23 heavy (non-hydrogen) atoms. The average Bonchev–Trinajstić information content (AvgIpc) is 3.22. The summed E-state index contributed by atoms with van der Waals surface area (Å²) in [6.45, 7) is 2.26. The largest absolute Gasteiger partial charge is 0.365 e. The number of hydrogen-bond donors (Lipinski definition) is 1. The molecule has 2 aromatic heterocycles. The molecule has 1 aliphatic heterocycles. The second-order valence-electron chi connectivity index (χ2n) is 6.84. The molecule has 5 heteroatoms. The Hall–Kier alpha value is -1.46. The highest BCUT2D eigenvalue weighted by Gasteiger charge is 2.32. The maximum Gasteiger partial charge on any atom is 0.259 e. The van der Waals surface area contributed by atoms with E-state index < -0.39 is 0 Å². The summed E-state index contributed by atoms with van der Waals surface area (Å²) in [6, 6.07) is 4.80. The molecule has 4 rings (SSSR count). The molecule has 2 aliphatic rings. The third-order valence-electron chi connectivity index (χ3n) is 5.43. The van der Waals surface area contributed by atoms with E-state index in [0.717, 1.165) is 39.7 Å². The summed E-state index contributed by atoms with van der Waals surface area (Å²) in [5, 5.41) is 1.13. The lowest BCUT2D eigenvalue weighted by Crippen LogP contribution is -2.41. The average molecular weight is 329 g/mol. The first-order valence-corrected chi connectivity index (χ1v) is 9.47. The number of piperidine rings is 1. The highest BCUT2D eigenvalue weighted by molar-refractivity contribution is 7.20. The lowest BCUT2D eigenvalue weighted by Gasteiger charge is -2.37. The molecule has 122 valence electrons. The quantitative estimate of drug-likeness (QED) is 0.937. The second-order valence-corrected chi connectivity index (χ2v) is 7.84. The third kappa shape index (κ3) is 2.76. The van der Waals surface area contributed by atoms with Gasteiger partial charge in [-0.1, -0.05) is 18.9 Å². The minimum Gasteiger partial charge on any atom is -0.365 e. The molecule has 0 radical (unpaired) electrons. The van der Waals surface area contributed by atoms with Crippen LogP contribution in [0.25, 0.3) is 10.2 Å². The Labute approximate surface area is 140 Å². The fourth-order valence-electron chi connectivity index (χ4n) is 4.38. The number of amides is 1. The standard InChI is InChI=1S/C18H23N3OS/c19-17(22)16-15(14-8-3-9-20-18(14)23-16)12-5-4-10-21(11-12)13-6-1-2-7-13/h3,8-9,12-13H,1-2,4-7,10-11H2,(H2,19,22)/t12-/m0/s1. The van der Waals surface area contributed by atoms with E-state index in [2.05, 4.69) is 16.0 Å². The van der Waals surface area contributed by atoms with E-state index in [1.807, 2.05) is 6.07 Å². The first kappa shape index (κ1) is 15.1. The summed E-state index contributed by atoms with van der Waals surface area (Å²) < 4.78 is 0. The summed E-state index contributed by atoms with van der Waals surface area (Å²) >= 11 is 1.45. The van der Waals surface area contributed by atoms with Gasteiger partial charge in [-0.25, -0.2) is 4.98 Å². The van der Waals surface area contributed by atoms with Crippen molar-refractivity contribution >= 4 is 27.5 Å². The van der Waals surface area contributed by atoms with Crippen LogP contribution in [0.15, 0.2) is 18.3 Å². The predicted octanol–water partition coefficient (Wildman–Crippen LogP) is 3.52. The Kier molecular flexibility index (Phi) is 4.07. The van der Waals surface area contributed by atoms with Gasteiger partial charge in [0.05, 0.1) is 4.88 Å². The van der Waals surface area contributed by atoms with Gasteiger partial charge in [-0.15, -0.1) is 11.3 Å². The molecule has 0 bridgehead atoms. The summed E-state index contributed by atoms with van der Waals surface area (Å²) in [4.78, 5) is 20.7. The second kappa shape index (κ2) is 6.21. The molecule has 1 aliphatic carbocycles. The van der Waals surface area contributed by atoms with E-state index >= 15 is 0 Å². The van der Waals surface area contributed by atoms with Gasteiger partial charge < -0.3 is 5.73 Å². The lowest BCUT2D eigenvalue weighted by atomic mass is 9.88. The summed E-state index contributed by atoms with van der Waals surface area (Å²) in [6.07, 6.45) is 9.54. The van der Waals surface area contributed by atoms with E-state index in [1.165, 1.54) is 50.0 Å². The minimum absolute atomic E-state index is 0.305. The lowest BCUT2D eigenvalue weighted by molar-refractivity contribution is 0.100. The van der Waals surface area contributed by atoms with Gasteiger partial charge in [0.25, 0.3) is 5.91 Å². The van der Waals surface area contributed by atoms with Crippen LogP contribution in [0.2, 0.25) is 0 Å². The number of aromatic nitrogens is 1. The Balaban J connectivity index is 1.69. The maximum atomic E-state index is 12.0. The molecular formula is C18H23N3OS. The van der Waals surface area contributed by atoms with Crippen molar-refractivity contribution in [2.45, 2.75) is 50.5 Å². The minimum atomic E-state index is -0.305. The molecule has 1 amide bonds. The molecule has 2 aromatic rings. The number of carbonyl (C=O) groups excluding carboxylic acids is 1. The first-order chi connectivity index (χ1) is 11.2. The van der Waals surface area contributed by atoms with E-state index in [0.29, 0.717) is 5.92 Å². The summed E-state index contributed by atoms with van der Waals surface area (Å²) in [5.74, 6) is 0.103. The number of carbonyl (C=O) groups is 1. The summed E-state index contributed by atoms with van der Waals surface area (Å²) in [7, 11) is 0. The van der Waals surface area contributed by atoms with E-state index in [4.69, 9.17) is 5.73 Å². The number of primary amides is 1. The number of hydrogen-bond acceptors (Lipinski definition) is 4. The number of pyridine rings is 1. The third-order valence-corrected chi connectivity index (χ3v) is 6.57. The van der Waals surface area contributed by atoms with Gasteiger partial charge in [0, 0.05) is 24.2 Å². The van der Waals surface area contributed by atoms with Crippen molar-refractivity contribution in [3.63, 3.8) is 0 Å². The Bertz CT molecular complexity index is 720. The molecule has 0 aromatic carbocycles. The molecule has 3 heterocycles. The maximum absolute atomic E-state index is 12.0. The van der Waals surface area contributed by atoms with Crippen LogP contribution in [-0.4, -0.2) is 34.9 Å². The molecule has 1 atom stereocenters. The Morgan fingerprint density at radius 3 is 2.87 bits per heavy atom. The van der Waals surface area contributed by atoms with Crippen molar-refractivity contribution in [1.82, 2.24) is 9.88 Å². The number of nitrogens with two attached hydrogens (primary N) is 1. The molecule has 0 unspecified atom stereocenters. The zero-order valence-electron chi connectivity index (χ0n) is 13.3. The smallest absolute Gasteiger partial charge is 0.259 e. The highest BCUT2D eigenvalue weighted by atomic mass is 32.1. The normalized spacial score (nSPS) is 23.6. The monoisotopic (exact) mass is 329 g/mol. The van der Waals surface area contributed by atoms with Gasteiger partial charge in [0.15, 0.2) is 0 Å². The number of rotatable bonds is 3. The van der Waals surface area contributed by atoms with Crippen molar-refractivity contribution in [2.75, 3.05) is 13.1 Å². The zero-order chi connectivity index (χ0) is 15.8. The fourth-order valence-corrected chi connectivity index (χ4v) is 5.46. The molecule has 4 nitrogen and oxygen atoms in total. The van der Waals surface area contributed by atoms with Crippen molar-refractivity contribution in [3.05, 3.63) is 28.8 Å². The van der Waals surface area contributed by atoms with Crippen LogP contribution < -0.4 is 5.73 Å². The topological polar surface area (TPSA) is 59.2 Å². The van der Waals surface area contributed by atoms with Gasteiger partial charge in [-0.05, 0) is 49.8 Å². The van der Waals surface area contributed by atoms with E-state index in [1.54, 1.807) is 6.20 Å². The number of likely N-dealkylation sites (tertiary alicyclic amines) is 1. The van der Waals surface area contributed by atoms with Crippen LogP contribution in [0.3, 0.4) is 0 Å².